The second-order valence-corrected chi connectivity index (χ2v) is 6.31. The van der Waals surface area contributed by atoms with Crippen LogP contribution < -0.4 is 0 Å². The molecule has 0 radical (unpaired) electrons. The summed E-state index contributed by atoms with van der Waals surface area (Å²) >= 11 is 5.88. The van der Waals surface area contributed by atoms with Crippen molar-refractivity contribution in [3.8, 4) is 11.4 Å². The van der Waals surface area contributed by atoms with Crippen molar-refractivity contribution in [1.82, 2.24) is 15.0 Å². The highest BCUT2D eigenvalue weighted by molar-refractivity contribution is 6.30. The molecule has 0 unspecified atom stereocenters. The average Bonchev–Trinajstić information content (AvgIpc) is 3.10. The van der Waals surface area contributed by atoms with E-state index in [1.807, 2.05) is 31.2 Å². The van der Waals surface area contributed by atoms with Crippen molar-refractivity contribution in [2.45, 2.75) is 44.9 Å². The van der Waals surface area contributed by atoms with E-state index in [2.05, 4.69) is 15.0 Å². The Balaban J connectivity index is 1.67. The normalized spacial score (nSPS) is 20.4. The molecule has 5 nitrogen and oxygen atoms in total. The van der Waals surface area contributed by atoms with Gasteiger partial charge in [0.05, 0.1) is 12.6 Å². The molecule has 6 heteroatoms. The summed E-state index contributed by atoms with van der Waals surface area (Å²) in [4.78, 5) is 6.77. The minimum absolute atomic E-state index is 0.280. The van der Waals surface area contributed by atoms with Crippen LogP contribution in [0.25, 0.3) is 11.4 Å². The number of nitrogens with zero attached hydrogens (tertiary/aromatic N) is 3. The lowest BCUT2D eigenvalue weighted by atomic mass is 10.1. The zero-order chi connectivity index (χ0) is 15.5. The monoisotopic (exact) mass is 321 g/mol. The summed E-state index contributed by atoms with van der Waals surface area (Å²) < 4.78 is 5.37. The molecule has 0 spiro atoms. The number of halogens is 1. The average molecular weight is 322 g/mol. The highest BCUT2D eigenvalue weighted by atomic mass is 35.5. The number of aliphatic hydroxyl groups excluding tert-OH is 1. The summed E-state index contributed by atoms with van der Waals surface area (Å²) in [6.45, 7) is 3.48. The number of hydrogen-bond acceptors (Lipinski definition) is 5. The summed E-state index contributed by atoms with van der Waals surface area (Å²) in [5.74, 6) is 1.19. The number of rotatable bonds is 5. The molecule has 1 aromatic heterocycles. The summed E-state index contributed by atoms with van der Waals surface area (Å²) in [5, 5.41) is 14.3. The van der Waals surface area contributed by atoms with Gasteiger partial charge >= 0.3 is 0 Å². The number of benzene rings is 1. The van der Waals surface area contributed by atoms with E-state index in [0.717, 1.165) is 31.4 Å². The molecule has 0 saturated carbocycles. The van der Waals surface area contributed by atoms with Crippen LogP contribution in [0, 0.1) is 0 Å². The van der Waals surface area contributed by atoms with Gasteiger partial charge < -0.3 is 9.63 Å². The molecule has 1 aliphatic heterocycles. The molecule has 1 aliphatic rings. The Hall–Kier alpha value is -1.43. The van der Waals surface area contributed by atoms with Crippen molar-refractivity contribution in [2.24, 2.45) is 0 Å². The molecule has 0 aliphatic carbocycles. The van der Waals surface area contributed by atoms with E-state index in [1.165, 1.54) is 0 Å². The maximum absolute atomic E-state index is 9.58. The number of aromatic nitrogens is 2. The SMILES string of the molecule is C[C@@H](O)C[C@H]1CCCN1Cc1nc(-c2ccc(Cl)cc2)no1. The fourth-order valence-electron chi connectivity index (χ4n) is 2.97. The Kier molecular flexibility index (Phi) is 4.76. The van der Waals surface area contributed by atoms with Gasteiger partial charge in [0.15, 0.2) is 0 Å². The fraction of sp³-hybridized carbons (Fsp3) is 0.500. The van der Waals surface area contributed by atoms with Crippen molar-refractivity contribution in [1.29, 1.82) is 0 Å². The minimum Gasteiger partial charge on any atom is -0.393 e. The molecule has 1 fully saturated rings. The smallest absolute Gasteiger partial charge is 0.241 e. The first-order valence-electron chi connectivity index (χ1n) is 7.62. The topological polar surface area (TPSA) is 62.4 Å². The van der Waals surface area contributed by atoms with Gasteiger partial charge in [-0.15, -0.1) is 0 Å². The van der Waals surface area contributed by atoms with Gasteiger partial charge in [0.2, 0.25) is 11.7 Å². The largest absolute Gasteiger partial charge is 0.393 e. The quantitative estimate of drug-likeness (QED) is 0.916. The van der Waals surface area contributed by atoms with Crippen LogP contribution in [0.5, 0.6) is 0 Å². The van der Waals surface area contributed by atoms with Crippen LogP contribution in [0.4, 0.5) is 0 Å². The molecule has 2 atom stereocenters. The van der Waals surface area contributed by atoms with Crippen molar-refractivity contribution in [3.63, 3.8) is 0 Å². The molecule has 118 valence electrons. The molecule has 0 bridgehead atoms. The third-order valence-electron chi connectivity index (χ3n) is 4.02. The molecular weight excluding hydrogens is 302 g/mol. The summed E-state index contributed by atoms with van der Waals surface area (Å²) in [6, 6.07) is 7.77. The van der Waals surface area contributed by atoms with Gasteiger partial charge in [-0.1, -0.05) is 16.8 Å². The molecule has 2 aromatic rings. The Labute approximate surface area is 134 Å². The van der Waals surface area contributed by atoms with Gasteiger partial charge in [0, 0.05) is 16.6 Å². The first kappa shape index (κ1) is 15.5. The van der Waals surface area contributed by atoms with Crippen molar-refractivity contribution in [2.75, 3.05) is 6.54 Å². The zero-order valence-corrected chi connectivity index (χ0v) is 13.3. The van der Waals surface area contributed by atoms with Crippen molar-refractivity contribution in [3.05, 3.63) is 35.2 Å². The van der Waals surface area contributed by atoms with Gasteiger partial charge in [0.1, 0.15) is 0 Å². The standard InChI is InChI=1S/C16H20ClN3O2/c1-11(21)9-14-3-2-8-20(14)10-15-18-16(19-22-15)12-4-6-13(17)7-5-12/h4-7,11,14,21H,2-3,8-10H2,1H3/t11-,14-/m1/s1. The van der Waals surface area contributed by atoms with Crippen LogP contribution in [-0.4, -0.2) is 38.8 Å². The van der Waals surface area contributed by atoms with Crippen molar-refractivity contribution < 1.29 is 9.63 Å². The lowest BCUT2D eigenvalue weighted by molar-refractivity contribution is 0.124. The highest BCUT2D eigenvalue weighted by Crippen LogP contribution is 2.24. The van der Waals surface area contributed by atoms with E-state index in [4.69, 9.17) is 16.1 Å². The number of hydrogen-bond donors (Lipinski definition) is 1. The van der Waals surface area contributed by atoms with Crippen LogP contribution in [0.15, 0.2) is 28.8 Å². The maximum atomic E-state index is 9.58. The predicted octanol–water partition coefficient (Wildman–Crippen LogP) is 3.13. The highest BCUT2D eigenvalue weighted by Gasteiger charge is 2.27. The molecule has 1 aromatic carbocycles. The van der Waals surface area contributed by atoms with Gasteiger partial charge in [0.25, 0.3) is 0 Å². The minimum atomic E-state index is -0.280. The van der Waals surface area contributed by atoms with E-state index in [-0.39, 0.29) is 6.10 Å². The molecular formula is C16H20ClN3O2. The van der Waals surface area contributed by atoms with Crippen LogP contribution in [0.3, 0.4) is 0 Å². The second kappa shape index (κ2) is 6.77. The molecule has 1 saturated heterocycles. The predicted molar refractivity (Wildman–Crippen MR) is 84.5 cm³/mol. The number of aliphatic hydroxyl groups is 1. The third kappa shape index (κ3) is 3.66. The van der Waals surface area contributed by atoms with Crippen LogP contribution in [-0.2, 0) is 6.54 Å². The Morgan fingerprint density at radius 1 is 1.41 bits per heavy atom. The van der Waals surface area contributed by atoms with Gasteiger partial charge in [-0.05, 0) is 57.0 Å². The summed E-state index contributed by atoms with van der Waals surface area (Å²) in [7, 11) is 0. The van der Waals surface area contributed by atoms with Crippen LogP contribution in [0.2, 0.25) is 5.02 Å². The number of likely N-dealkylation sites (tertiary alicyclic amines) is 1. The maximum Gasteiger partial charge on any atom is 0.241 e. The van der Waals surface area contributed by atoms with Crippen molar-refractivity contribution >= 4 is 11.6 Å². The molecule has 1 N–H and O–H groups in total. The third-order valence-corrected chi connectivity index (χ3v) is 4.27. The van der Waals surface area contributed by atoms with E-state index >= 15 is 0 Å². The molecule has 22 heavy (non-hydrogen) atoms. The Bertz CT molecular complexity index is 612. The van der Waals surface area contributed by atoms with Gasteiger partial charge in [-0.2, -0.15) is 4.98 Å². The first-order valence-corrected chi connectivity index (χ1v) is 8.00. The fourth-order valence-corrected chi connectivity index (χ4v) is 3.10. The summed E-state index contributed by atoms with van der Waals surface area (Å²) in [6.07, 6.45) is 2.77. The zero-order valence-electron chi connectivity index (χ0n) is 12.6. The van der Waals surface area contributed by atoms with E-state index in [1.54, 1.807) is 0 Å². The Morgan fingerprint density at radius 3 is 2.91 bits per heavy atom. The second-order valence-electron chi connectivity index (χ2n) is 5.87. The lowest BCUT2D eigenvalue weighted by Gasteiger charge is -2.23. The van der Waals surface area contributed by atoms with Gasteiger partial charge in [-0.25, -0.2) is 0 Å². The molecule has 2 heterocycles. The lowest BCUT2D eigenvalue weighted by Crippen LogP contribution is -2.31. The molecule has 3 rings (SSSR count). The van der Waals surface area contributed by atoms with E-state index < -0.39 is 0 Å². The first-order chi connectivity index (χ1) is 10.6. The molecule has 0 amide bonds. The van der Waals surface area contributed by atoms with E-state index in [0.29, 0.717) is 29.3 Å². The Morgan fingerprint density at radius 2 is 2.18 bits per heavy atom. The van der Waals surface area contributed by atoms with Gasteiger partial charge in [-0.3, -0.25) is 4.90 Å². The summed E-state index contributed by atoms with van der Waals surface area (Å²) in [5.41, 5.74) is 0.890. The van der Waals surface area contributed by atoms with E-state index in [9.17, 15) is 5.11 Å². The van der Waals surface area contributed by atoms with Crippen LogP contribution in [0.1, 0.15) is 32.1 Å². The van der Waals surface area contributed by atoms with Crippen LogP contribution >= 0.6 is 11.6 Å².